The Hall–Kier alpha value is -2.70. The molecule has 2 aromatic rings. The molecule has 0 saturated heterocycles. The monoisotopic (exact) mass is 344 g/mol. The summed E-state index contributed by atoms with van der Waals surface area (Å²) in [4.78, 5) is 26.6. The van der Waals surface area contributed by atoms with Crippen LogP contribution in [0.1, 0.15) is 31.0 Å². The number of nitrogens with zero attached hydrogens (tertiary/aromatic N) is 3. The van der Waals surface area contributed by atoms with Gasteiger partial charge in [-0.2, -0.15) is 5.10 Å². The molecule has 0 radical (unpaired) electrons. The van der Waals surface area contributed by atoms with Crippen LogP contribution in [0.2, 0.25) is 0 Å². The summed E-state index contributed by atoms with van der Waals surface area (Å²) in [6, 6.07) is 7.47. The zero-order valence-corrected chi connectivity index (χ0v) is 14.3. The van der Waals surface area contributed by atoms with Gasteiger partial charge in [-0.1, -0.05) is 25.1 Å². The Morgan fingerprint density at radius 3 is 2.88 bits per heavy atom. The molecule has 6 nitrogen and oxygen atoms in total. The van der Waals surface area contributed by atoms with Crippen molar-refractivity contribution < 1.29 is 14.0 Å². The number of hydrogen-bond acceptors (Lipinski definition) is 3. The molecule has 0 spiro atoms. The van der Waals surface area contributed by atoms with E-state index in [-0.39, 0.29) is 24.2 Å². The van der Waals surface area contributed by atoms with Crippen molar-refractivity contribution in [3.63, 3.8) is 0 Å². The summed E-state index contributed by atoms with van der Waals surface area (Å²) in [5.41, 5.74) is 1.22. The summed E-state index contributed by atoms with van der Waals surface area (Å²) in [5.74, 6) is -0.119. The average molecular weight is 344 g/mol. The smallest absolute Gasteiger partial charge is 0.243 e. The molecule has 1 N–H and O–H groups in total. The summed E-state index contributed by atoms with van der Waals surface area (Å²) < 4.78 is 15.5. The van der Waals surface area contributed by atoms with E-state index in [0.29, 0.717) is 30.8 Å². The van der Waals surface area contributed by atoms with E-state index in [2.05, 4.69) is 10.4 Å². The standard InChI is InChI=1S/C18H21FN4O2/c1-3-15(18(25)20-11-13-6-4-5-7-14(13)19)23-16-10-12(2)21-22(16)9-8-17(23)24/h4-7,10,15H,3,8-9,11H2,1-2H3,(H,20,25)/t15-/m0/s1. The van der Waals surface area contributed by atoms with Crippen LogP contribution in [0, 0.1) is 12.7 Å². The van der Waals surface area contributed by atoms with E-state index in [1.165, 1.54) is 11.0 Å². The minimum absolute atomic E-state index is 0.0856. The van der Waals surface area contributed by atoms with Crippen molar-refractivity contribution in [1.82, 2.24) is 15.1 Å². The Kier molecular flexibility index (Phi) is 4.83. The van der Waals surface area contributed by atoms with Crippen molar-refractivity contribution in [2.45, 2.75) is 45.8 Å². The fourth-order valence-corrected chi connectivity index (χ4v) is 3.10. The van der Waals surface area contributed by atoms with Crippen molar-refractivity contribution in [2.75, 3.05) is 4.90 Å². The third-order valence-electron chi connectivity index (χ3n) is 4.35. The van der Waals surface area contributed by atoms with Gasteiger partial charge in [0.25, 0.3) is 0 Å². The van der Waals surface area contributed by atoms with Gasteiger partial charge in [-0.3, -0.25) is 14.5 Å². The molecule has 7 heteroatoms. The van der Waals surface area contributed by atoms with Crippen LogP contribution in [0.5, 0.6) is 0 Å². The third-order valence-corrected chi connectivity index (χ3v) is 4.35. The van der Waals surface area contributed by atoms with E-state index < -0.39 is 6.04 Å². The maximum absolute atomic E-state index is 13.7. The van der Waals surface area contributed by atoms with E-state index >= 15 is 0 Å². The van der Waals surface area contributed by atoms with Gasteiger partial charge in [0.2, 0.25) is 11.8 Å². The molecule has 2 heterocycles. The SMILES string of the molecule is CC[C@@H](C(=O)NCc1ccccc1F)N1C(=O)CCn2nc(C)cc21. The number of nitrogens with one attached hydrogen (secondary N) is 1. The number of anilines is 1. The molecule has 1 aliphatic heterocycles. The third kappa shape index (κ3) is 3.40. The first-order chi connectivity index (χ1) is 12.0. The molecule has 1 atom stereocenters. The first kappa shape index (κ1) is 17.1. The molecule has 1 aromatic heterocycles. The van der Waals surface area contributed by atoms with E-state index in [4.69, 9.17) is 0 Å². The van der Waals surface area contributed by atoms with Gasteiger partial charge in [-0.25, -0.2) is 9.07 Å². The summed E-state index contributed by atoms with van der Waals surface area (Å²) in [6.45, 7) is 4.31. The Morgan fingerprint density at radius 1 is 1.40 bits per heavy atom. The van der Waals surface area contributed by atoms with Gasteiger partial charge in [-0.05, 0) is 19.4 Å². The first-order valence-electron chi connectivity index (χ1n) is 8.39. The molecule has 0 saturated carbocycles. The second kappa shape index (κ2) is 7.04. The number of aromatic nitrogens is 2. The maximum atomic E-state index is 13.7. The lowest BCUT2D eigenvalue weighted by Gasteiger charge is -2.33. The number of fused-ring (bicyclic) bond motifs is 1. The normalized spacial score (nSPS) is 15.0. The highest BCUT2D eigenvalue weighted by atomic mass is 19.1. The predicted octanol–water partition coefficient (Wildman–Crippen LogP) is 2.16. The van der Waals surface area contributed by atoms with Gasteiger partial charge in [0, 0.05) is 24.6 Å². The van der Waals surface area contributed by atoms with Crippen molar-refractivity contribution in [2.24, 2.45) is 0 Å². The van der Waals surface area contributed by atoms with Crippen LogP contribution in [0.4, 0.5) is 10.2 Å². The zero-order chi connectivity index (χ0) is 18.0. The molecule has 2 amide bonds. The van der Waals surface area contributed by atoms with Crippen LogP contribution >= 0.6 is 0 Å². The first-order valence-corrected chi connectivity index (χ1v) is 8.39. The van der Waals surface area contributed by atoms with Crippen LogP contribution < -0.4 is 10.2 Å². The van der Waals surface area contributed by atoms with Gasteiger partial charge in [0.1, 0.15) is 17.7 Å². The molecule has 25 heavy (non-hydrogen) atoms. The minimum Gasteiger partial charge on any atom is -0.350 e. The van der Waals surface area contributed by atoms with Crippen molar-refractivity contribution in [3.05, 3.63) is 47.4 Å². The number of halogens is 1. The molecule has 0 bridgehead atoms. The van der Waals surface area contributed by atoms with Crippen LogP contribution in [0.15, 0.2) is 30.3 Å². The quantitative estimate of drug-likeness (QED) is 0.904. The molecule has 3 rings (SSSR count). The lowest BCUT2D eigenvalue weighted by atomic mass is 10.1. The molecular formula is C18H21FN4O2. The average Bonchev–Trinajstić information content (AvgIpc) is 2.97. The number of rotatable bonds is 5. The van der Waals surface area contributed by atoms with Gasteiger partial charge < -0.3 is 5.32 Å². The van der Waals surface area contributed by atoms with Crippen molar-refractivity contribution >= 4 is 17.6 Å². The Balaban J connectivity index is 1.78. The molecule has 0 aliphatic carbocycles. The van der Waals surface area contributed by atoms with E-state index in [9.17, 15) is 14.0 Å². The lowest BCUT2D eigenvalue weighted by Crippen LogP contribution is -2.52. The topological polar surface area (TPSA) is 67.2 Å². The number of carbonyl (C=O) groups excluding carboxylic acids is 2. The highest BCUT2D eigenvalue weighted by Gasteiger charge is 2.34. The van der Waals surface area contributed by atoms with Crippen LogP contribution in [-0.4, -0.2) is 27.6 Å². The predicted molar refractivity (Wildman–Crippen MR) is 91.4 cm³/mol. The molecule has 0 fully saturated rings. The Bertz CT molecular complexity index is 802. The molecule has 1 aromatic carbocycles. The van der Waals surface area contributed by atoms with Crippen LogP contribution in [0.3, 0.4) is 0 Å². The fourth-order valence-electron chi connectivity index (χ4n) is 3.10. The van der Waals surface area contributed by atoms with E-state index in [1.807, 2.05) is 19.9 Å². The van der Waals surface area contributed by atoms with E-state index in [1.54, 1.807) is 22.9 Å². The number of hydrogen-bond donors (Lipinski definition) is 1. The zero-order valence-electron chi connectivity index (χ0n) is 14.3. The highest BCUT2D eigenvalue weighted by molar-refractivity contribution is 6.00. The minimum atomic E-state index is -0.644. The lowest BCUT2D eigenvalue weighted by molar-refractivity contribution is -0.127. The maximum Gasteiger partial charge on any atom is 0.243 e. The van der Waals surface area contributed by atoms with Crippen molar-refractivity contribution in [3.8, 4) is 0 Å². The van der Waals surface area contributed by atoms with Crippen LogP contribution in [-0.2, 0) is 22.7 Å². The summed E-state index contributed by atoms with van der Waals surface area (Å²) >= 11 is 0. The molecule has 0 unspecified atom stereocenters. The number of aryl methyl sites for hydroxylation is 2. The Morgan fingerprint density at radius 2 is 2.16 bits per heavy atom. The van der Waals surface area contributed by atoms with Crippen LogP contribution in [0.25, 0.3) is 0 Å². The molecular weight excluding hydrogens is 323 g/mol. The van der Waals surface area contributed by atoms with E-state index in [0.717, 1.165) is 5.69 Å². The highest BCUT2D eigenvalue weighted by Crippen LogP contribution is 2.26. The summed E-state index contributed by atoms with van der Waals surface area (Å²) in [5, 5.41) is 7.10. The summed E-state index contributed by atoms with van der Waals surface area (Å²) in [7, 11) is 0. The van der Waals surface area contributed by atoms with Gasteiger partial charge in [0.05, 0.1) is 12.2 Å². The number of benzene rings is 1. The second-order valence-corrected chi connectivity index (χ2v) is 6.11. The van der Waals surface area contributed by atoms with Gasteiger partial charge in [0.15, 0.2) is 0 Å². The van der Waals surface area contributed by atoms with Crippen molar-refractivity contribution in [1.29, 1.82) is 0 Å². The summed E-state index contributed by atoms with van der Waals surface area (Å²) in [6.07, 6.45) is 0.768. The fraction of sp³-hybridized carbons (Fsp3) is 0.389. The number of carbonyl (C=O) groups is 2. The molecule has 132 valence electrons. The largest absolute Gasteiger partial charge is 0.350 e. The second-order valence-electron chi connectivity index (χ2n) is 6.11. The number of amides is 2. The van der Waals surface area contributed by atoms with Gasteiger partial charge in [-0.15, -0.1) is 0 Å². The van der Waals surface area contributed by atoms with Gasteiger partial charge >= 0.3 is 0 Å². The molecule has 1 aliphatic rings. The Labute approximate surface area is 145 Å².